The van der Waals surface area contributed by atoms with E-state index < -0.39 is 0 Å². The van der Waals surface area contributed by atoms with E-state index in [0.29, 0.717) is 16.3 Å². The van der Waals surface area contributed by atoms with Crippen molar-refractivity contribution >= 4 is 45.9 Å². The van der Waals surface area contributed by atoms with Gasteiger partial charge in [-0.1, -0.05) is 35.3 Å². The standard InChI is InChI=1S/C17H14Cl2N4O2/c1-10(12-6-11(18)7-13(19)17(12)25)21-22-16(24)8-23-9-20-14-4-2-3-5-15(14)23/h2-7,9,25H,8H2,1H3,(H,22,24)/b21-10+. The van der Waals surface area contributed by atoms with Crippen LogP contribution in [-0.4, -0.2) is 26.3 Å². The lowest BCUT2D eigenvalue weighted by molar-refractivity contribution is -0.121. The van der Waals surface area contributed by atoms with Crippen LogP contribution in [0.4, 0.5) is 0 Å². The molecule has 2 aromatic carbocycles. The number of carbonyl (C=O) groups is 1. The number of carbonyl (C=O) groups excluding carboxylic acids is 1. The van der Waals surface area contributed by atoms with Crippen LogP contribution in [0.1, 0.15) is 12.5 Å². The van der Waals surface area contributed by atoms with E-state index in [1.54, 1.807) is 17.8 Å². The fourth-order valence-electron chi connectivity index (χ4n) is 2.37. The van der Waals surface area contributed by atoms with Crippen LogP contribution in [0, 0.1) is 0 Å². The highest BCUT2D eigenvalue weighted by molar-refractivity contribution is 6.36. The summed E-state index contributed by atoms with van der Waals surface area (Å²) in [5.41, 5.74) is 4.86. The summed E-state index contributed by atoms with van der Waals surface area (Å²) in [6.45, 7) is 1.70. The summed E-state index contributed by atoms with van der Waals surface area (Å²) in [5, 5.41) is 14.5. The van der Waals surface area contributed by atoms with Gasteiger partial charge in [0, 0.05) is 10.6 Å². The number of fused-ring (bicyclic) bond motifs is 1. The molecule has 6 nitrogen and oxygen atoms in total. The molecule has 3 aromatic rings. The third-order valence-corrected chi connectivity index (χ3v) is 4.11. The van der Waals surface area contributed by atoms with E-state index in [9.17, 15) is 9.90 Å². The zero-order valence-corrected chi connectivity index (χ0v) is 14.7. The Morgan fingerprint density at radius 1 is 1.32 bits per heavy atom. The second-order valence-corrected chi connectivity index (χ2v) is 6.22. The van der Waals surface area contributed by atoms with Crippen LogP contribution >= 0.6 is 23.2 Å². The normalized spacial score (nSPS) is 11.7. The van der Waals surface area contributed by atoms with Gasteiger partial charge in [0.1, 0.15) is 12.3 Å². The number of phenolic OH excluding ortho intramolecular Hbond substituents is 1. The van der Waals surface area contributed by atoms with Gasteiger partial charge in [0.25, 0.3) is 5.91 Å². The van der Waals surface area contributed by atoms with Gasteiger partial charge in [0.2, 0.25) is 0 Å². The second kappa shape index (κ2) is 7.13. The van der Waals surface area contributed by atoms with Crippen molar-refractivity contribution in [3.8, 4) is 5.75 Å². The van der Waals surface area contributed by atoms with Gasteiger partial charge >= 0.3 is 0 Å². The van der Waals surface area contributed by atoms with Crippen LogP contribution in [0.3, 0.4) is 0 Å². The number of hydrogen-bond donors (Lipinski definition) is 2. The number of imidazole rings is 1. The molecule has 0 saturated heterocycles. The first kappa shape index (κ1) is 17.3. The molecule has 0 fully saturated rings. The minimum atomic E-state index is -0.324. The van der Waals surface area contributed by atoms with Gasteiger partial charge < -0.3 is 9.67 Å². The topological polar surface area (TPSA) is 79.5 Å². The summed E-state index contributed by atoms with van der Waals surface area (Å²) in [6.07, 6.45) is 1.60. The maximum atomic E-state index is 12.1. The van der Waals surface area contributed by atoms with E-state index in [4.69, 9.17) is 23.2 Å². The van der Waals surface area contributed by atoms with E-state index in [1.165, 1.54) is 12.1 Å². The van der Waals surface area contributed by atoms with Crippen molar-refractivity contribution in [2.45, 2.75) is 13.5 Å². The van der Waals surface area contributed by atoms with Gasteiger partial charge in [-0.25, -0.2) is 10.4 Å². The summed E-state index contributed by atoms with van der Waals surface area (Å²) in [6, 6.07) is 10.5. The van der Waals surface area contributed by atoms with Crippen molar-refractivity contribution in [3.63, 3.8) is 0 Å². The van der Waals surface area contributed by atoms with Gasteiger partial charge in [-0.2, -0.15) is 5.10 Å². The van der Waals surface area contributed by atoms with Gasteiger partial charge in [-0.3, -0.25) is 4.79 Å². The molecule has 0 radical (unpaired) electrons. The first-order chi connectivity index (χ1) is 12.0. The summed E-state index contributed by atoms with van der Waals surface area (Å²) in [7, 11) is 0. The molecule has 8 heteroatoms. The SMILES string of the molecule is C/C(=N\NC(=O)Cn1cnc2ccccc21)c1cc(Cl)cc(Cl)c1O. The molecule has 0 aliphatic carbocycles. The molecule has 25 heavy (non-hydrogen) atoms. The Kier molecular flexibility index (Phi) is 4.92. The average Bonchev–Trinajstić information content (AvgIpc) is 2.99. The Morgan fingerprint density at radius 2 is 2.08 bits per heavy atom. The molecule has 0 atom stereocenters. The Labute approximate surface area is 153 Å². The number of halogens is 2. The minimum Gasteiger partial charge on any atom is -0.506 e. The highest BCUT2D eigenvalue weighted by Crippen LogP contribution is 2.31. The predicted octanol–water partition coefficient (Wildman–Crippen LogP) is 3.59. The fourth-order valence-corrected chi connectivity index (χ4v) is 2.87. The van der Waals surface area contributed by atoms with Crippen LogP contribution in [0.5, 0.6) is 5.75 Å². The highest BCUT2D eigenvalue weighted by Gasteiger charge is 2.12. The van der Waals surface area contributed by atoms with Crippen molar-refractivity contribution in [3.05, 3.63) is 58.3 Å². The molecule has 0 unspecified atom stereocenters. The molecule has 0 aliphatic rings. The lowest BCUT2D eigenvalue weighted by Crippen LogP contribution is -2.24. The van der Waals surface area contributed by atoms with Crippen LogP contribution in [0.15, 0.2) is 47.8 Å². The Balaban J connectivity index is 1.74. The van der Waals surface area contributed by atoms with E-state index in [2.05, 4.69) is 15.5 Å². The summed E-state index contributed by atoms with van der Waals surface area (Å²) < 4.78 is 1.73. The quantitative estimate of drug-likeness (QED) is 0.539. The van der Waals surface area contributed by atoms with Crippen LogP contribution in [0.25, 0.3) is 11.0 Å². The molecule has 1 aromatic heterocycles. The molecule has 2 N–H and O–H groups in total. The maximum absolute atomic E-state index is 12.1. The molecular weight excluding hydrogens is 363 g/mol. The fraction of sp³-hybridized carbons (Fsp3) is 0.118. The van der Waals surface area contributed by atoms with Gasteiger partial charge in [-0.05, 0) is 31.2 Å². The minimum absolute atomic E-state index is 0.0690. The third kappa shape index (κ3) is 3.75. The molecule has 3 rings (SSSR count). The number of nitrogens with one attached hydrogen (secondary N) is 1. The van der Waals surface area contributed by atoms with Crippen molar-refractivity contribution in [1.82, 2.24) is 15.0 Å². The number of benzene rings is 2. The largest absolute Gasteiger partial charge is 0.506 e. The van der Waals surface area contributed by atoms with Crippen LogP contribution in [-0.2, 0) is 11.3 Å². The lowest BCUT2D eigenvalue weighted by Gasteiger charge is -2.08. The van der Waals surface area contributed by atoms with Crippen molar-refractivity contribution in [1.29, 1.82) is 0 Å². The van der Waals surface area contributed by atoms with Crippen molar-refractivity contribution in [2.24, 2.45) is 5.10 Å². The summed E-state index contributed by atoms with van der Waals surface area (Å²) >= 11 is 11.8. The smallest absolute Gasteiger partial charge is 0.260 e. The molecule has 1 heterocycles. The number of aromatic nitrogens is 2. The molecule has 0 spiro atoms. The first-order valence-electron chi connectivity index (χ1n) is 7.37. The third-order valence-electron chi connectivity index (χ3n) is 3.61. The molecule has 0 bridgehead atoms. The Bertz CT molecular complexity index is 982. The van der Waals surface area contributed by atoms with Gasteiger partial charge in [0.05, 0.1) is 28.1 Å². The van der Waals surface area contributed by atoms with Crippen molar-refractivity contribution in [2.75, 3.05) is 0 Å². The Morgan fingerprint density at radius 3 is 2.88 bits per heavy atom. The number of para-hydroxylation sites is 2. The highest BCUT2D eigenvalue weighted by atomic mass is 35.5. The summed E-state index contributed by atoms with van der Waals surface area (Å²) in [4.78, 5) is 16.4. The summed E-state index contributed by atoms with van der Waals surface area (Å²) in [5.74, 6) is -0.461. The van der Waals surface area contributed by atoms with Crippen LogP contribution in [0.2, 0.25) is 10.0 Å². The zero-order chi connectivity index (χ0) is 18.0. The maximum Gasteiger partial charge on any atom is 0.260 e. The first-order valence-corrected chi connectivity index (χ1v) is 8.12. The number of rotatable bonds is 4. The number of hydrogen-bond acceptors (Lipinski definition) is 4. The molecule has 0 saturated carbocycles. The van der Waals surface area contributed by atoms with E-state index in [0.717, 1.165) is 11.0 Å². The molecule has 128 valence electrons. The monoisotopic (exact) mass is 376 g/mol. The zero-order valence-electron chi connectivity index (χ0n) is 13.2. The Hall–Kier alpha value is -2.57. The predicted molar refractivity (Wildman–Crippen MR) is 98.2 cm³/mol. The number of nitrogens with zero attached hydrogens (tertiary/aromatic N) is 3. The number of aromatic hydroxyl groups is 1. The van der Waals surface area contributed by atoms with Crippen molar-refractivity contribution < 1.29 is 9.90 Å². The van der Waals surface area contributed by atoms with Gasteiger partial charge in [0.15, 0.2) is 0 Å². The number of amides is 1. The second-order valence-electron chi connectivity index (χ2n) is 5.38. The van der Waals surface area contributed by atoms with Crippen LogP contribution < -0.4 is 5.43 Å². The number of hydrazone groups is 1. The molecule has 1 amide bonds. The number of phenols is 1. The molecular formula is C17H14Cl2N4O2. The van der Waals surface area contributed by atoms with E-state index in [-0.39, 0.29) is 23.2 Å². The molecule has 0 aliphatic heterocycles. The van der Waals surface area contributed by atoms with E-state index >= 15 is 0 Å². The van der Waals surface area contributed by atoms with E-state index in [1.807, 2.05) is 24.3 Å². The van der Waals surface area contributed by atoms with Gasteiger partial charge in [-0.15, -0.1) is 0 Å². The average molecular weight is 377 g/mol. The lowest BCUT2D eigenvalue weighted by atomic mass is 10.1.